The zero-order valence-corrected chi connectivity index (χ0v) is 9.34. The number of ketones is 1. The Morgan fingerprint density at radius 3 is 2.35 bits per heavy atom. The second-order valence-electron chi connectivity index (χ2n) is 3.48. The fraction of sp³-hybridized carbons (Fsp3) is 0.250. The van der Waals surface area contributed by atoms with Crippen molar-refractivity contribution in [2.24, 2.45) is 0 Å². The molecular formula is C12H11F3O2. The Morgan fingerprint density at radius 2 is 1.82 bits per heavy atom. The van der Waals surface area contributed by atoms with Crippen LogP contribution in [0.3, 0.4) is 0 Å². The molecule has 0 unspecified atom stereocenters. The van der Waals surface area contributed by atoms with E-state index < -0.39 is 6.36 Å². The summed E-state index contributed by atoms with van der Waals surface area (Å²) < 4.78 is 40.3. The lowest BCUT2D eigenvalue weighted by Crippen LogP contribution is -2.17. The number of ether oxygens (including phenoxy) is 1. The first-order valence-electron chi connectivity index (χ1n) is 4.83. The second kappa shape index (κ2) is 5.03. The maximum atomic E-state index is 12.1. The molecular weight excluding hydrogens is 233 g/mol. The lowest BCUT2D eigenvalue weighted by Gasteiger charge is -2.13. The van der Waals surface area contributed by atoms with Gasteiger partial charge >= 0.3 is 6.36 Å². The Hall–Kier alpha value is -1.78. The van der Waals surface area contributed by atoms with Crippen molar-refractivity contribution in [1.82, 2.24) is 0 Å². The lowest BCUT2D eigenvalue weighted by atomic mass is 10.1. The average molecular weight is 244 g/mol. The number of alkyl halides is 3. The van der Waals surface area contributed by atoms with Crippen LogP contribution in [0.5, 0.6) is 5.75 Å². The monoisotopic (exact) mass is 244 g/mol. The van der Waals surface area contributed by atoms with Crippen LogP contribution >= 0.6 is 0 Å². The summed E-state index contributed by atoms with van der Waals surface area (Å²) in [7, 11) is 0. The maximum absolute atomic E-state index is 12.1. The van der Waals surface area contributed by atoms with Crippen molar-refractivity contribution in [2.45, 2.75) is 20.2 Å². The van der Waals surface area contributed by atoms with Gasteiger partial charge < -0.3 is 4.74 Å². The summed E-state index contributed by atoms with van der Waals surface area (Å²) >= 11 is 0. The number of halogens is 3. The molecule has 17 heavy (non-hydrogen) atoms. The summed E-state index contributed by atoms with van der Waals surface area (Å²) in [6, 6.07) is 5.69. The first-order chi connectivity index (χ1) is 7.79. The highest BCUT2D eigenvalue weighted by atomic mass is 19.4. The zero-order chi connectivity index (χ0) is 13.1. The standard InChI is InChI=1S/C12H11F3O2/c1-8(7-9(2)16)10-5-3-4-6-11(10)17-12(13,14)15/h3-7H,1-2H3/b8-7+. The summed E-state index contributed by atoms with van der Waals surface area (Å²) in [4.78, 5) is 10.9. The molecule has 1 rings (SSSR count). The fourth-order valence-electron chi connectivity index (χ4n) is 1.39. The van der Waals surface area contributed by atoms with Gasteiger partial charge in [-0.3, -0.25) is 4.79 Å². The van der Waals surface area contributed by atoms with Crippen molar-refractivity contribution < 1.29 is 22.7 Å². The van der Waals surface area contributed by atoms with Crippen LogP contribution in [0.1, 0.15) is 19.4 Å². The number of carbonyl (C=O) groups excluding carboxylic acids is 1. The van der Waals surface area contributed by atoms with Gasteiger partial charge in [0.1, 0.15) is 5.75 Å². The summed E-state index contributed by atoms with van der Waals surface area (Å²) in [5.41, 5.74) is 0.678. The van der Waals surface area contributed by atoms with Crippen LogP contribution < -0.4 is 4.74 Å². The molecule has 0 bridgehead atoms. The third-order valence-corrected chi connectivity index (χ3v) is 1.96. The number of rotatable bonds is 3. The lowest BCUT2D eigenvalue weighted by molar-refractivity contribution is -0.274. The first-order valence-corrected chi connectivity index (χ1v) is 4.83. The van der Waals surface area contributed by atoms with Crippen LogP contribution in [0.4, 0.5) is 13.2 Å². The number of allylic oxidation sites excluding steroid dienone is 2. The fourth-order valence-corrected chi connectivity index (χ4v) is 1.39. The molecule has 0 N–H and O–H groups in total. The molecule has 0 amide bonds. The summed E-state index contributed by atoms with van der Waals surface area (Å²) in [6.45, 7) is 2.89. The molecule has 0 saturated carbocycles. The highest BCUT2D eigenvalue weighted by Crippen LogP contribution is 2.30. The average Bonchev–Trinajstić information content (AvgIpc) is 2.14. The van der Waals surface area contributed by atoms with Crippen LogP contribution in [0, 0.1) is 0 Å². The predicted molar refractivity (Wildman–Crippen MR) is 57.5 cm³/mol. The minimum absolute atomic E-state index is 0.232. The van der Waals surface area contributed by atoms with E-state index in [0.717, 1.165) is 0 Å². The number of benzene rings is 1. The minimum atomic E-state index is -4.74. The molecule has 0 spiro atoms. The van der Waals surface area contributed by atoms with E-state index in [0.29, 0.717) is 5.57 Å². The van der Waals surface area contributed by atoms with Gasteiger partial charge in [-0.25, -0.2) is 0 Å². The second-order valence-corrected chi connectivity index (χ2v) is 3.48. The molecule has 1 aromatic carbocycles. The summed E-state index contributed by atoms with van der Waals surface area (Å²) in [6.07, 6.45) is -3.48. The molecule has 0 heterocycles. The molecule has 0 aliphatic carbocycles. The van der Waals surface area contributed by atoms with Crippen LogP contribution in [0.2, 0.25) is 0 Å². The van der Waals surface area contributed by atoms with Gasteiger partial charge in [0.2, 0.25) is 0 Å². The molecule has 0 atom stereocenters. The van der Waals surface area contributed by atoms with Crippen molar-refractivity contribution in [2.75, 3.05) is 0 Å². The van der Waals surface area contributed by atoms with Crippen molar-refractivity contribution in [3.05, 3.63) is 35.9 Å². The maximum Gasteiger partial charge on any atom is 0.573 e. The van der Waals surface area contributed by atoms with E-state index >= 15 is 0 Å². The number of para-hydroxylation sites is 1. The summed E-state index contributed by atoms with van der Waals surface area (Å²) in [5.74, 6) is -0.542. The molecule has 0 aliphatic rings. The van der Waals surface area contributed by atoms with Crippen LogP contribution in [0.15, 0.2) is 30.3 Å². The van der Waals surface area contributed by atoms with Crippen molar-refractivity contribution in [1.29, 1.82) is 0 Å². The van der Waals surface area contributed by atoms with Crippen LogP contribution in [-0.4, -0.2) is 12.1 Å². The Morgan fingerprint density at radius 1 is 1.24 bits per heavy atom. The van der Waals surface area contributed by atoms with E-state index in [-0.39, 0.29) is 17.1 Å². The van der Waals surface area contributed by atoms with Gasteiger partial charge in [0.15, 0.2) is 5.78 Å². The number of hydrogen-bond acceptors (Lipinski definition) is 2. The largest absolute Gasteiger partial charge is 0.573 e. The quantitative estimate of drug-likeness (QED) is 0.759. The molecule has 0 aromatic heterocycles. The third-order valence-electron chi connectivity index (χ3n) is 1.96. The van der Waals surface area contributed by atoms with E-state index in [1.54, 1.807) is 13.0 Å². The Kier molecular flexibility index (Phi) is 3.93. The van der Waals surface area contributed by atoms with E-state index in [2.05, 4.69) is 4.74 Å². The van der Waals surface area contributed by atoms with Gasteiger partial charge in [0.25, 0.3) is 0 Å². The molecule has 5 heteroatoms. The highest BCUT2D eigenvalue weighted by molar-refractivity contribution is 5.95. The molecule has 2 nitrogen and oxygen atoms in total. The zero-order valence-electron chi connectivity index (χ0n) is 9.34. The van der Waals surface area contributed by atoms with Gasteiger partial charge in [0, 0.05) is 5.56 Å². The highest BCUT2D eigenvalue weighted by Gasteiger charge is 2.32. The van der Waals surface area contributed by atoms with Gasteiger partial charge in [-0.05, 0) is 31.6 Å². The van der Waals surface area contributed by atoms with Gasteiger partial charge in [0.05, 0.1) is 0 Å². The smallest absolute Gasteiger partial charge is 0.405 e. The SMILES string of the molecule is CC(=O)/C=C(\C)c1ccccc1OC(F)(F)F. The van der Waals surface area contributed by atoms with Gasteiger partial charge in [-0.15, -0.1) is 13.2 Å². The summed E-state index contributed by atoms with van der Waals surface area (Å²) in [5, 5.41) is 0. The molecule has 0 fully saturated rings. The van der Waals surface area contributed by atoms with Crippen LogP contribution in [-0.2, 0) is 4.79 Å². The number of hydrogen-bond donors (Lipinski definition) is 0. The normalized spacial score (nSPS) is 12.4. The van der Waals surface area contributed by atoms with E-state index in [9.17, 15) is 18.0 Å². The molecule has 92 valence electrons. The van der Waals surface area contributed by atoms with Crippen LogP contribution in [0.25, 0.3) is 5.57 Å². The molecule has 1 aromatic rings. The van der Waals surface area contributed by atoms with Crippen molar-refractivity contribution >= 4 is 11.4 Å². The first kappa shape index (κ1) is 13.3. The number of carbonyl (C=O) groups is 1. The van der Waals surface area contributed by atoms with Gasteiger partial charge in [-0.2, -0.15) is 0 Å². The molecule has 0 radical (unpaired) electrons. The van der Waals surface area contributed by atoms with E-state index in [1.807, 2.05) is 0 Å². The minimum Gasteiger partial charge on any atom is -0.405 e. The Labute approximate surface area is 96.7 Å². The molecule has 0 saturated heterocycles. The topological polar surface area (TPSA) is 26.3 Å². The van der Waals surface area contributed by atoms with Crippen molar-refractivity contribution in [3.8, 4) is 5.75 Å². The molecule has 0 aliphatic heterocycles. The Balaban J connectivity index is 3.12. The Bertz CT molecular complexity index is 447. The third kappa shape index (κ3) is 4.30. The van der Waals surface area contributed by atoms with Crippen molar-refractivity contribution in [3.63, 3.8) is 0 Å². The van der Waals surface area contributed by atoms with E-state index in [1.165, 1.54) is 31.2 Å². The van der Waals surface area contributed by atoms with Gasteiger partial charge in [-0.1, -0.05) is 18.2 Å². The predicted octanol–water partition coefficient (Wildman–Crippen LogP) is 3.58. The van der Waals surface area contributed by atoms with E-state index in [4.69, 9.17) is 0 Å².